The molecule has 0 aliphatic carbocycles. The van der Waals surface area contributed by atoms with E-state index < -0.39 is 11.9 Å². The standard InChI is InChI=1S/C13H14O6/c1-8(14)19-12-7-9(3-5-11(12)18-2)10(15)4-6-13(16)17/h3,5,7H,4,6H2,1-2H3,(H,16,17). The Labute approximate surface area is 109 Å². The number of ketones is 1. The lowest BCUT2D eigenvalue weighted by Crippen LogP contribution is -2.07. The summed E-state index contributed by atoms with van der Waals surface area (Å²) in [5.41, 5.74) is 0.276. The molecule has 0 saturated carbocycles. The monoisotopic (exact) mass is 266 g/mol. The third-order valence-corrected chi connectivity index (χ3v) is 2.31. The van der Waals surface area contributed by atoms with Gasteiger partial charge in [-0.15, -0.1) is 0 Å². The number of aliphatic carboxylic acids is 1. The first-order valence-electron chi connectivity index (χ1n) is 5.55. The molecule has 102 valence electrons. The van der Waals surface area contributed by atoms with Crippen molar-refractivity contribution in [3.63, 3.8) is 0 Å². The molecule has 0 unspecified atom stereocenters. The number of carbonyl (C=O) groups excluding carboxylic acids is 2. The number of ether oxygens (including phenoxy) is 2. The lowest BCUT2D eigenvalue weighted by molar-refractivity contribution is -0.137. The molecule has 0 amide bonds. The molecule has 1 N–H and O–H groups in total. The number of hydrogen-bond acceptors (Lipinski definition) is 5. The van der Waals surface area contributed by atoms with E-state index in [4.69, 9.17) is 14.6 Å². The summed E-state index contributed by atoms with van der Waals surface area (Å²) in [6.07, 6.45) is -0.352. The Hall–Kier alpha value is -2.37. The smallest absolute Gasteiger partial charge is 0.308 e. The summed E-state index contributed by atoms with van der Waals surface area (Å²) in [6.45, 7) is 1.23. The van der Waals surface area contributed by atoms with Crippen LogP contribution in [0.1, 0.15) is 30.1 Å². The second-order valence-electron chi connectivity index (χ2n) is 3.78. The van der Waals surface area contributed by atoms with Crippen molar-refractivity contribution in [2.45, 2.75) is 19.8 Å². The van der Waals surface area contributed by atoms with Crippen LogP contribution in [0, 0.1) is 0 Å². The predicted octanol–water partition coefficient (Wildman–Crippen LogP) is 1.67. The predicted molar refractivity (Wildman–Crippen MR) is 65.5 cm³/mol. The summed E-state index contributed by atoms with van der Waals surface area (Å²) in [7, 11) is 1.41. The van der Waals surface area contributed by atoms with Crippen molar-refractivity contribution >= 4 is 17.7 Å². The van der Waals surface area contributed by atoms with E-state index in [2.05, 4.69) is 0 Å². The molecule has 0 aromatic heterocycles. The van der Waals surface area contributed by atoms with Gasteiger partial charge in [0.1, 0.15) is 0 Å². The molecule has 0 radical (unpaired) electrons. The van der Waals surface area contributed by atoms with Crippen LogP contribution in [0.5, 0.6) is 11.5 Å². The maximum atomic E-state index is 11.7. The Balaban J connectivity index is 2.93. The Morgan fingerprint density at radius 1 is 1.16 bits per heavy atom. The maximum absolute atomic E-state index is 11.7. The molecule has 0 heterocycles. The average molecular weight is 266 g/mol. The zero-order valence-corrected chi connectivity index (χ0v) is 10.6. The fraction of sp³-hybridized carbons (Fsp3) is 0.308. The molecule has 0 spiro atoms. The minimum absolute atomic E-state index is 0.110. The van der Waals surface area contributed by atoms with Crippen LogP contribution in [0.3, 0.4) is 0 Å². The minimum atomic E-state index is -1.04. The number of methoxy groups -OCH3 is 1. The van der Waals surface area contributed by atoms with Gasteiger partial charge in [-0.3, -0.25) is 14.4 Å². The number of carbonyl (C=O) groups is 3. The van der Waals surface area contributed by atoms with Gasteiger partial charge >= 0.3 is 11.9 Å². The first kappa shape index (κ1) is 14.7. The summed E-state index contributed by atoms with van der Waals surface area (Å²) in [4.78, 5) is 33.1. The van der Waals surface area contributed by atoms with E-state index in [1.807, 2.05) is 0 Å². The van der Waals surface area contributed by atoms with Crippen molar-refractivity contribution < 1.29 is 29.0 Å². The summed E-state index contributed by atoms with van der Waals surface area (Å²) in [5.74, 6) is -1.45. The van der Waals surface area contributed by atoms with Crippen molar-refractivity contribution in [2.24, 2.45) is 0 Å². The fourth-order valence-electron chi connectivity index (χ4n) is 1.45. The summed E-state index contributed by atoms with van der Waals surface area (Å²) in [5, 5.41) is 8.52. The Bertz CT molecular complexity index is 506. The van der Waals surface area contributed by atoms with Crippen molar-refractivity contribution in [3.8, 4) is 11.5 Å². The Morgan fingerprint density at radius 2 is 1.84 bits per heavy atom. The lowest BCUT2D eigenvalue weighted by Gasteiger charge is -2.09. The van der Waals surface area contributed by atoms with Crippen molar-refractivity contribution in [2.75, 3.05) is 7.11 Å². The molecule has 6 nitrogen and oxygen atoms in total. The second kappa shape index (κ2) is 6.53. The van der Waals surface area contributed by atoms with Crippen LogP contribution in [0.2, 0.25) is 0 Å². The van der Waals surface area contributed by atoms with Gasteiger partial charge in [0.15, 0.2) is 17.3 Å². The summed E-state index contributed by atoms with van der Waals surface area (Å²) >= 11 is 0. The maximum Gasteiger partial charge on any atom is 0.308 e. The molecule has 1 aromatic carbocycles. The second-order valence-corrected chi connectivity index (χ2v) is 3.78. The van der Waals surface area contributed by atoms with Gasteiger partial charge in [0.2, 0.25) is 0 Å². The first-order valence-corrected chi connectivity index (χ1v) is 5.55. The van der Waals surface area contributed by atoms with Crippen LogP contribution in [0.15, 0.2) is 18.2 Å². The molecule has 0 bridgehead atoms. The van der Waals surface area contributed by atoms with Gasteiger partial charge in [-0.05, 0) is 18.2 Å². The molecule has 6 heteroatoms. The van der Waals surface area contributed by atoms with Crippen LogP contribution in [0.25, 0.3) is 0 Å². The van der Waals surface area contributed by atoms with Gasteiger partial charge in [-0.25, -0.2) is 0 Å². The summed E-state index contributed by atoms with van der Waals surface area (Å²) < 4.78 is 9.92. The van der Waals surface area contributed by atoms with Crippen LogP contribution in [0.4, 0.5) is 0 Å². The van der Waals surface area contributed by atoms with Gasteiger partial charge in [0.05, 0.1) is 13.5 Å². The van der Waals surface area contributed by atoms with Crippen molar-refractivity contribution in [1.29, 1.82) is 0 Å². The molecule has 0 fully saturated rings. The van der Waals surface area contributed by atoms with E-state index >= 15 is 0 Å². The van der Waals surface area contributed by atoms with Gasteiger partial charge < -0.3 is 14.6 Å². The fourth-order valence-corrected chi connectivity index (χ4v) is 1.45. The summed E-state index contributed by atoms with van der Waals surface area (Å²) in [6, 6.07) is 4.35. The molecule has 0 atom stereocenters. The number of benzene rings is 1. The number of rotatable bonds is 6. The third kappa shape index (κ3) is 4.42. The zero-order chi connectivity index (χ0) is 14.4. The molecule has 0 aliphatic heterocycles. The first-order chi connectivity index (χ1) is 8.93. The highest BCUT2D eigenvalue weighted by molar-refractivity contribution is 5.98. The SMILES string of the molecule is COc1ccc(C(=O)CCC(=O)O)cc1OC(C)=O. The molecule has 0 aliphatic rings. The number of carboxylic acids is 1. The van der Waals surface area contributed by atoms with Crippen molar-refractivity contribution in [3.05, 3.63) is 23.8 Å². The molecule has 1 aromatic rings. The van der Waals surface area contributed by atoms with E-state index in [0.29, 0.717) is 5.75 Å². The van der Waals surface area contributed by atoms with Crippen LogP contribution in [-0.4, -0.2) is 29.9 Å². The number of hydrogen-bond donors (Lipinski definition) is 1. The number of esters is 1. The molecule has 0 saturated heterocycles. The van der Waals surface area contributed by atoms with Crippen LogP contribution in [-0.2, 0) is 9.59 Å². The van der Waals surface area contributed by atoms with Gasteiger partial charge in [0, 0.05) is 18.9 Å². The minimum Gasteiger partial charge on any atom is -0.493 e. The van der Waals surface area contributed by atoms with E-state index in [-0.39, 0.29) is 29.9 Å². The Kier molecular flexibility index (Phi) is 5.05. The molecule has 19 heavy (non-hydrogen) atoms. The van der Waals surface area contributed by atoms with Gasteiger partial charge in [-0.2, -0.15) is 0 Å². The topological polar surface area (TPSA) is 89.9 Å². The highest BCUT2D eigenvalue weighted by atomic mass is 16.6. The highest BCUT2D eigenvalue weighted by Crippen LogP contribution is 2.28. The molecular weight excluding hydrogens is 252 g/mol. The van der Waals surface area contributed by atoms with Gasteiger partial charge in [-0.1, -0.05) is 0 Å². The van der Waals surface area contributed by atoms with E-state index in [0.717, 1.165) is 0 Å². The number of Topliss-reactive ketones (excluding diaryl/α,β-unsaturated/α-hetero) is 1. The van der Waals surface area contributed by atoms with Crippen LogP contribution >= 0.6 is 0 Å². The van der Waals surface area contributed by atoms with Crippen LogP contribution < -0.4 is 9.47 Å². The van der Waals surface area contributed by atoms with E-state index in [1.165, 1.54) is 32.2 Å². The molecule has 1 rings (SSSR count). The Morgan fingerprint density at radius 3 is 2.37 bits per heavy atom. The normalized spacial score (nSPS) is 9.79. The third-order valence-electron chi connectivity index (χ3n) is 2.31. The van der Waals surface area contributed by atoms with Crippen molar-refractivity contribution in [1.82, 2.24) is 0 Å². The van der Waals surface area contributed by atoms with Gasteiger partial charge in [0.25, 0.3) is 0 Å². The highest BCUT2D eigenvalue weighted by Gasteiger charge is 2.13. The molecular formula is C13H14O6. The zero-order valence-electron chi connectivity index (χ0n) is 10.6. The lowest BCUT2D eigenvalue weighted by atomic mass is 10.1. The van der Waals surface area contributed by atoms with E-state index in [1.54, 1.807) is 0 Å². The van der Waals surface area contributed by atoms with E-state index in [9.17, 15) is 14.4 Å². The largest absolute Gasteiger partial charge is 0.493 e. The average Bonchev–Trinajstić information content (AvgIpc) is 2.35. The quantitative estimate of drug-likeness (QED) is 0.478. The number of carboxylic acid groups (broad SMARTS) is 1.